The van der Waals surface area contributed by atoms with E-state index < -0.39 is 10.0 Å². The Morgan fingerprint density at radius 1 is 1.14 bits per heavy atom. The first kappa shape index (κ1) is 16.5. The lowest BCUT2D eigenvalue weighted by Crippen LogP contribution is -2.24. The second kappa shape index (κ2) is 6.89. The van der Waals surface area contributed by atoms with Gasteiger partial charge in [-0.15, -0.1) is 11.3 Å². The lowest BCUT2D eigenvalue weighted by Gasteiger charge is -2.15. The molecule has 0 aliphatic carbocycles. The minimum Gasteiger partial charge on any atom is -0.308 e. The molecule has 0 unspecified atom stereocenters. The van der Waals surface area contributed by atoms with E-state index in [2.05, 4.69) is 5.32 Å². The summed E-state index contributed by atoms with van der Waals surface area (Å²) in [4.78, 5) is 1.46. The summed E-state index contributed by atoms with van der Waals surface area (Å²) >= 11 is 7.40. The normalized spacial score (nSPS) is 12.0. The van der Waals surface area contributed by atoms with Crippen molar-refractivity contribution in [2.24, 2.45) is 0 Å². The van der Waals surface area contributed by atoms with Gasteiger partial charge in [-0.1, -0.05) is 29.8 Å². The minimum atomic E-state index is -3.42. The van der Waals surface area contributed by atoms with Crippen LogP contribution in [-0.2, 0) is 23.1 Å². The van der Waals surface area contributed by atoms with E-state index >= 15 is 0 Å². The zero-order valence-corrected chi connectivity index (χ0v) is 14.2. The first-order chi connectivity index (χ1) is 9.91. The Bertz CT molecular complexity index is 711. The Labute approximate surface area is 134 Å². The number of sulfonamides is 1. The third kappa shape index (κ3) is 4.05. The van der Waals surface area contributed by atoms with Gasteiger partial charge >= 0.3 is 0 Å². The predicted octanol–water partition coefficient (Wildman–Crippen LogP) is 2.94. The van der Waals surface area contributed by atoms with Crippen molar-refractivity contribution in [2.45, 2.75) is 18.0 Å². The molecule has 2 aromatic rings. The van der Waals surface area contributed by atoms with Crippen LogP contribution in [0.25, 0.3) is 0 Å². The van der Waals surface area contributed by atoms with Gasteiger partial charge in [0.05, 0.1) is 9.23 Å². The summed E-state index contributed by atoms with van der Waals surface area (Å²) in [5, 5.41) is 3.25. The van der Waals surface area contributed by atoms with E-state index in [-0.39, 0.29) is 0 Å². The molecule has 1 aromatic heterocycles. The molecule has 0 fully saturated rings. The molecule has 0 saturated carbocycles. The zero-order chi connectivity index (χ0) is 15.5. The van der Waals surface area contributed by atoms with Crippen molar-refractivity contribution in [3.63, 3.8) is 0 Å². The number of benzene rings is 1. The SMILES string of the molecule is CN(C)S(=O)(=O)c1ccccc1CNCc1ccc(Cl)s1. The van der Waals surface area contributed by atoms with Gasteiger partial charge in [-0.25, -0.2) is 12.7 Å². The Kier molecular flexibility index (Phi) is 5.40. The van der Waals surface area contributed by atoms with E-state index in [1.54, 1.807) is 12.1 Å². The van der Waals surface area contributed by atoms with E-state index in [0.29, 0.717) is 18.0 Å². The molecule has 0 bridgehead atoms. The molecule has 0 aliphatic heterocycles. The maximum atomic E-state index is 12.3. The lowest BCUT2D eigenvalue weighted by atomic mass is 10.2. The molecule has 1 N–H and O–H groups in total. The summed E-state index contributed by atoms with van der Waals surface area (Å²) in [7, 11) is -0.354. The van der Waals surface area contributed by atoms with Crippen molar-refractivity contribution in [1.29, 1.82) is 0 Å². The highest BCUT2D eigenvalue weighted by Crippen LogP contribution is 2.22. The topological polar surface area (TPSA) is 49.4 Å². The van der Waals surface area contributed by atoms with E-state index in [1.807, 2.05) is 24.3 Å². The molecule has 0 saturated heterocycles. The highest BCUT2D eigenvalue weighted by Gasteiger charge is 2.20. The molecule has 1 heterocycles. The average Bonchev–Trinajstić information content (AvgIpc) is 2.85. The number of hydrogen-bond acceptors (Lipinski definition) is 4. The Morgan fingerprint density at radius 2 is 1.86 bits per heavy atom. The molecule has 0 amide bonds. The fourth-order valence-electron chi connectivity index (χ4n) is 1.87. The van der Waals surface area contributed by atoms with E-state index in [4.69, 9.17) is 11.6 Å². The highest BCUT2D eigenvalue weighted by atomic mass is 35.5. The first-order valence-electron chi connectivity index (χ1n) is 6.36. The van der Waals surface area contributed by atoms with Crippen molar-refractivity contribution >= 4 is 33.0 Å². The van der Waals surface area contributed by atoms with Crippen LogP contribution in [-0.4, -0.2) is 26.8 Å². The number of rotatable bonds is 6. The number of halogens is 1. The summed E-state index contributed by atoms with van der Waals surface area (Å²) in [5.41, 5.74) is 0.758. The Balaban J connectivity index is 2.10. The van der Waals surface area contributed by atoms with Gasteiger partial charge in [0.2, 0.25) is 10.0 Å². The first-order valence-corrected chi connectivity index (χ1v) is 9.00. The third-order valence-corrected chi connectivity index (χ3v) is 6.12. The van der Waals surface area contributed by atoms with Crippen LogP contribution in [0, 0.1) is 0 Å². The van der Waals surface area contributed by atoms with E-state index in [0.717, 1.165) is 14.8 Å². The zero-order valence-electron chi connectivity index (χ0n) is 11.8. The summed E-state index contributed by atoms with van der Waals surface area (Å²) in [6.45, 7) is 1.15. The van der Waals surface area contributed by atoms with Gasteiger partial charge in [0.1, 0.15) is 0 Å². The van der Waals surface area contributed by atoms with Crippen LogP contribution in [0.15, 0.2) is 41.3 Å². The van der Waals surface area contributed by atoms with E-state index in [9.17, 15) is 8.42 Å². The van der Waals surface area contributed by atoms with Gasteiger partial charge in [0.25, 0.3) is 0 Å². The van der Waals surface area contributed by atoms with Crippen molar-refractivity contribution in [1.82, 2.24) is 9.62 Å². The molecule has 2 rings (SSSR count). The maximum Gasteiger partial charge on any atom is 0.242 e. The molecule has 7 heteroatoms. The van der Waals surface area contributed by atoms with Gasteiger partial charge in [0.15, 0.2) is 0 Å². The van der Waals surface area contributed by atoms with Gasteiger partial charge in [-0.05, 0) is 23.8 Å². The van der Waals surface area contributed by atoms with Crippen LogP contribution < -0.4 is 5.32 Å². The summed E-state index contributed by atoms with van der Waals surface area (Å²) in [5.74, 6) is 0. The maximum absolute atomic E-state index is 12.3. The molecule has 0 spiro atoms. The quantitative estimate of drug-likeness (QED) is 0.876. The second-order valence-corrected chi connectivity index (χ2v) is 8.62. The van der Waals surface area contributed by atoms with Crippen molar-refractivity contribution in [3.8, 4) is 0 Å². The lowest BCUT2D eigenvalue weighted by molar-refractivity contribution is 0.518. The highest BCUT2D eigenvalue weighted by molar-refractivity contribution is 7.89. The second-order valence-electron chi connectivity index (χ2n) is 4.70. The van der Waals surface area contributed by atoms with E-state index in [1.165, 1.54) is 29.7 Å². The van der Waals surface area contributed by atoms with Crippen LogP contribution in [0.4, 0.5) is 0 Å². The molecule has 0 radical (unpaired) electrons. The Morgan fingerprint density at radius 3 is 2.48 bits per heavy atom. The van der Waals surface area contributed by atoms with Crippen molar-refractivity contribution in [3.05, 3.63) is 51.2 Å². The molecule has 4 nitrogen and oxygen atoms in total. The predicted molar refractivity (Wildman–Crippen MR) is 87.2 cm³/mol. The van der Waals surface area contributed by atoms with Crippen LogP contribution in [0.5, 0.6) is 0 Å². The molecule has 1 aromatic carbocycles. The summed E-state index contributed by atoms with van der Waals surface area (Å²) in [6, 6.07) is 10.8. The molecule has 0 aliphatic rings. The number of thiophene rings is 1. The monoisotopic (exact) mass is 344 g/mol. The van der Waals surface area contributed by atoms with Crippen LogP contribution >= 0.6 is 22.9 Å². The van der Waals surface area contributed by atoms with Crippen LogP contribution in [0.3, 0.4) is 0 Å². The van der Waals surface area contributed by atoms with Gasteiger partial charge in [-0.3, -0.25) is 0 Å². The Hall–Kier alpha value is -0.920. The van der Waals surface area contributed by atoms with Crippen LogP contribution in [0.1, 0.15) is 10.4 Å². The fraction of sp³-hybridized carbons (Fsp3) is 0.286. The summed E-state index contributed by atoms with van der Waals surface area (Å²) < 4.78 is 26.5. The van der Waals surface area contributed by atoms with Gasteiger partial charge < -0.3 is 5.32 Å². The average molecular weight is 345 g/mol. The van der Waals surface area contributed by atoms with Gasteiger partial charge in [-0.2, -0.15) is 0 Å². The standard InChI is InChI=1S/C14H17ClN2O2S2/c1-17(2)21(18,19)13-6-4-3-5-11(13)9-16-10-12-7-8-14(15)20-12/h3-8,16H,9-10H2,1-2H3. The third-order valence-electron chi connectivity index (χ3n) is 2.97. The largest absolute Gasteiger partial charge is 0.308 e. The smallest absolute Gasteiger partial charge is 0.242 e. The number of nitrogens with zero attached hydrogens (tertiary/aromatic N) is 1. The molecule has 114 valence electrons. The van der Waals surface area contributed by atoms with Crippen LogP contribution in [0.2, 0.25) is 4.34 Å². The minimum absolute atomic E-state index is 0.340. The van der Waals surface area contributed by atoms with Gasteiger partial charge in [0, 0.05) is 32.1 Å². The number of hydrogen-bond donors (Lipinski definition) is 1. The fourth-order valence-corrected chi connectivity index (χ4v) is 4.04. The molecular weight excluding hydrogens is 328 g/mol. The van der Waals surface area contributed by atoms with Crippen molar-refractivity contribution < 1.29 is 8.42 Å². The molecule has 0 atom stereocenters. The number of nitrogens with one attached hydrogen (secondary N) is 1. The molecule has 21 heavy (non-hydrogen) atoms. The van der Waals surface area contributed by atoms with Crippen molar-refractivity contribution in [2.75, 3.05) is 14.1 Å². The summed E-state index contributed by atoms with van der Waals surface area (Å²) in [6.07, 6.45) is 0. The molecular formula is C14H17ClN2O2S2.